The molecule has 0 aliphatic carbocycles. The van der Waals surface area contributed by atoms with E-state index in [1.807, 2.05) is 27.7 Å². The van der Waals surface area contributed by atoms with Crippen LogP contribution < -0.4 is 10.8 Å². The van der Waals surface area contributed by atoms with Crippen LogP contribution in [0.5, 0.6) is 0 Å². The topological polar surface area (TPSA) is 50.8 Å². The lowest BCUT2D eigenvalue weighted by Crippen LogP contribution is -2.41. The van der Waals surface area contributed by atoms with Gasteiger partial charge in [0.2, 0.25) is 0 Å². The molecular weight excluding hydrogens is 322 g/mol. The summed E-state index contributed by atoms with van der Waals surface area (Å²) < 4.78 is 26.3. The number of urea groups is 1. The van der Waals surface area contributed by atoms with Gasteiger partial charge >= 0.3 is 13.1 Å². The Labute approximate surface area is 149 Å². The molecule has 0 atom stereocenters. The molecule has 1 aromatic rings. The van der Waals surface area contributed by atoms with Gasteiger partial charge in [0.1, 0.15) is 5.82 Å². The Morgan fingerprint density at radius 3 is 2.28 bits per heavy atom. The lowest BCUT2D eigenvalue weighted by atomic mass is 9.79. The van der Waals surface area contributed by atoms with Crippen LogP contribution in [0.3, 0.4) is 0 Å². The maximum atomic E-state index is 14.5. The molecule has 0 bridgehead atoms. The summed E-state index contributed by atoms with van der Waals surface area (Å²) in [5.41, 5.74) is -0.173. The fourth-order valence-electron chi connectivity index (χ4n) is 3.05. The number of piperidine rings is 1. The van der Waals surface area contributed by atoms with Gasteiger partial charge in [-0.05, 0) is 64.6 Å². The maximum Gasteiger partial charge on any atom is 0.494 e. The highest BCUT2D eigenvalue weighted by molar-refractivity contribution is 6.62. The first-order chi connectivity index (χ1) is 11.7. The zero-order valence-electron chi connectivity index (χ0n) is 15.4. The molecule has 1 aromatic carbocycles. The van der Waals surface area contributed by atoms with Crippen LogP contribution >= 0.6 is 0 Å². The first kappa shape index (κ1) is 18.2. The number of benzene rings is 1. The van der Waals surface area contributed by atoms with Gasteiger partial charge in [0, 0.05) is 13.1 Å². The van der Waals surface area contributed by atoms with Crippen LogP contribution in [-0.4, -0.2) is 42.3 Å². The number of likely N-dealkylation sites (tertiary alicyclic amines) is 1. The highest BCUT2D eigenvalue weighted by Gasteiger charge is 2.51. The molecule has 2 aliphatic heterocycles. The molecule has 0 unspecified atom stereocenters. The van der Waals surface area contributed by atoms with Crippen LogP contribution in [0.4, 0.5) is 14.9 Å². The van der Waals surface area contributed by atoms with Crippen molar-refractivity contribution in [2.45, 2.75) is 58.2 Å². The van der Waals surface area contributed by atoms with Crippen LogP contribution in [0.1, 0.15) is 47.0 Å². The van der Waals surface area contributed by atoms with E-state index in [4.69, 9.17) is 9.31 Å². The van der Waals surface area contributed by atoms with Crippen LogP contribution in [0.25, 0.3) is 0 Å². The average Bonchev–Trinajstić information content (AvgIpc) is 2.78. The van der Waals surface area contributed by atoms with Crippen molar-refractivity contribution in [1.29, 1.82) is 0 Å². The molecule has 2 saturated heterocycles. The molecule has 0 aromatic heterocycles. The third kappa shape index (κ3) is 3.67. The fraction of sp³-hybridized carbons (Fsp3) is 0.611. The van der Waals surface area contributed by atoms with Crippen LogP contribution in [0.2, 0.25) is 0 Å². The quantitative estimate of drug-likeness (QED) is 0.836. The van der Waals surface area contributed by atoms with E-state index in [-0.39, 0.29) is 11.7 Å². The Balaban J connectivity index is 1.70. The molecule has 0 spiro atoms. The van der Waals surface area contributed by atoms with Gasteiger partial charge in [-0.2, -0.15) is 0 Å². The Morgan fingerprint density at radius 2 is 1.72 bits per heavy atom. The molecule has 2 amide bonds. The summed E-state index contributed by atoms with van der Waals surface area (Å²) >= 11 is 0. The Hall–Kier alpha value is -1.60. The Kier molecular flexibility index (Phi) is 4.81. The van der Waals surface area contributed by atoms with E-state index < -0.39 is 24.1 Å². The number of anilines is 1. The first-order valence-electron chi connectivity index (χ1n) is 8.91. The van der Waals surface area contributed by atoms with E-state index in [1.54, 1.807) is 17.0 Å². The van der Waals surface area contributed by atoms with Gasteiger partial charge in [-0.3, -0.25) is 0 Å². The number of amides is 2. The summed E-state index contributed by atoms with van der Waals surface area (Å²) in [6.07, 6.45) is 3.13. The SMILES string of the molecule is CC1(C)OB(c2ccc(NC(=O)N3CCCCC3)c(F)c2)OC1(C)C. The second-order valence-electron chi connectivity index (χ2n) is 7.81. The molecule has 25 heavy (non-hydrogen) atoms. The van der Waals surface area contributed by atoms with Crippen molar-refractivity contribution in [3.63, 3.8) is 0 Å². The highest BCUT2D eigenvalue weighted by Crippen LogP contribution is 2.36. The number of nitrogens with zero attached hydrogens (tertiary/aromatic N) is 1. The maximum absolute atomic E-state index is 14.5. The average molecular weight is 348 g/mol. The molecule has 3 rings (SSSR count). The standard InChI is InChI=1S/C18H26BFN2O3/c1-17(2)18(3,4)25-19(24-17)13-8-9-15(14(20)12-13)21-16(23)22-10-6-5-7-11-22/h8-9,12H,5-7,10-11H2,1-4H3,(H,21,23). The van der Waals surface area contributed by atoms with Gasteiger partial charge < -0.3 is 19.5 Å². The summed E-state index contributed by atoms with van der Waals surface area (Å²) in [7, 11) is -0.619. The number of carbonyl (C=O) groups is 1. The fourth-order valence-corrected chi connectivity index (χ4v) is 3.05. The van der Waals surface area contributed by atoms with Crippen molar-refractivity contribution in [3.05, 3.63) is 24.0 Å². The van der Waals surface area contributed by atoms with Crippen molar-refractivity contribution in [3.8, 4) is 0 Å². The van der Waals surface area contributed by atoms with Gasteiger partial charge in [0.15, 0.2) is 0 Å². The lowest BCUT2D eigenvalue weighted by molar-refractivity contribution is 0.00578. The summed E-state index contributed by atoms with van der Waals surface area (Å²) in [5.74, 6) is -0.488. The third-order valence-corrected chi connectivity index (χ3v) is 5.40. The van der Waals surface area contributed by atoms with E-state index in [9.17, 15) is 9.18 Å². The van der Waals surface area contributed by atoms with Crippen molar-refractivity contribution in [2.75, 3.05) is 18.4 Å². The van der Waals surface area contributed by atoms with Gasteiger partial charge in [-0.25, -0.2) is 9.18 Å². The van der Waals surface area contributed by atoms with Crippen molar-refractivity contribution < 1.29 is 18.5 Å². The van der Waals surface area contributed by atoms with E-state index in [1.165, 1.54) is 6.07 Å². The van der Waals surface area contributed by atoms with Gasteiger partial charge in [0.25, 0.3) is 0 Å². The summed E-state index contributed by atoms with van der Waals surface area (Å²) in [4.78, 5) is 14.0. The largest absolute Gasteiger partial charge is 0.494 e. The van der Waals surface area contributed by atoms with Crippen LogP contribution in [-0.2, 0) is 9.31 Å². The minimum Gasteiger partial charge on any atom is -0.399 e. The van der Waals surface area contributed by atoms with Crippen molar-refractivity contribution in [2.24, 2.45) is 0 Å². The molecular formula is C18H26BFN2O3. The zero-order chi connectivity index (χ0) is 18.2. The molecule has 0 saturated carbocycles. The number of carbonyl (C=O) groups excluding carboxylic acids is 1. The molecule has 5 nitrogen and oxygen atoms in total. The molecule has 2 heterocycles. The Morgan fingerprint density at radius 1 is 1.12 bits per heavy atom. The summed E-state index contributed by atoms with van der Waals surface area (Å²) in [5, 5.41) is 2.66. The van der Waals surface area contributed by atoms with Gasteiger partial charge in [0.05, 0.1) is 16.9 Å². The van der Waals surface area contributed by atoms with E-state index >= 15 is 0 Å². The van der Waals surface area contributed by atoms with E-state index in [2.05, 4.69) is 5.32 Å². The summed E-state index contributed by atoms with van der Waals surface area (Å²) in [6, 6.07) is 4.42. The molecule has 1 N–H and O–H groups in total. The number of rotatable bonds is 2. The predicted molar refractivity (Wildman–Crippen MR) is 96.6 cm³/mol. The molecule has 2 aliphatic rings. The van der Waals surface area contributed by atoms with Crippen LogP contribution in [0, 0.1) is 5.82 Å². The van der Waals surface area contributed by atoms with E-state index in [0.717, 1.165) is 32.4 Å². The van der Waals surface area contributed by atoms with Crippen LogP contribution in [0.15, 0.2) is 18.2 Å². The smallest absolute Gasteiger partial charge is 0.399 e. The number of halogens is 1. The number of hydrogen-bond donors (Lipinski definition) is 1. The molecule has 2 fully saturated rings. The van der Waals surface area contributed by atoms with Crippen molar-refractivity contribution >= 4 is 24.3 Å². The van der Waals surface area contributed by atoms with Gasteiger partial charge in [-0.15, -0.1) is 0 Å². The second-order valence-corrected chi connectivity index (χ2v) is 7.81. The predicted octanol–water partition coefficient (Wildman–Crippen LogP) is 3.14. The minimum absolute atomic E-state index is 0.177. The van der Waals surface area contributed by atoms with Gasteiger partial charge in [-0.1, -0.05) is 6.07 Å². The normalized spacial score (nSPS) is 22.1. The summed E-state index contributed by atoms with van der Waals surface area (Å²) in [6.45, 7) is 9.26. The second kappa shape index (κ2) is 6.61. The first-order valence-corrected chi connectivity index (χ1v) is 8.91. The molecule has 0 radical (unpaired) electrons. The number of nitrogens with one attached hydrogen (secondary N) is 1. The lowest BCUT2D eigenvalue weighted by Gasteiger charge is -2.32. The minimum atomic E-state index is -0.619. The van der Waals surface area contributed by atoms with E-state index in [0.29, 0.717) is 5.46 Å². The third-order valence-electron chi connectivity index (χ3n) is 5.40. The zero-order valence-corrected chi connectivity index (χ0v) is 15.4. The Bertz CT molecular complexity index is 644. The molecule has 7 heteroatoms. The number of hydrogen-bond acceptors (Lipinski definition) is 3. The molecule has 136 valence electrons. The monoisotopic (exact) mass is 348 g/mol. The highest BCUT2D eigenvalue weighted by atomic mass is 19.1. The van der Waals surface area contributed by atoms with Crippen molar-refractivity contribution in [1.82, 2.24) is 4.90 Å².